The van der Waals surface area contributed by atoms with Crippen LogP contribution in [-0.2, 0) is 0 Å². The molecule has 0 bridgehead atoms. The van der Waals surface area contributed by atoms with E-state index in [-0.39, 0.29) is 5.78 Å². The summed E-state index contributed by atoms with van der Waals surface area (Å²) in [5, 5.41) is 0.668. The first kappa shape index (κ1) is 11.5. The van der Waals surface area contributed by atoms with Crippen LogP contribution in [0.4, 0.5) is 5.69 Å². The summed E-state index contributed by atoms with van der Waals surface area (Å²) in [6.45, 7) is 0. The maximum Gasteiger partial charge on any atom is 0.176 e. The molecule has 0 unspecified atom stereocenters. The van der Waals surface area contributed by atoms with Crippen molar-refractivity contribution in [3.63, 3.8) is 0 Å². The smallest absolute Gasteiger partial charge is 0.176 e. The lowest BCUT2D eigenvalue weighted by Gasteiger charge is -2.08. The number of aromatic nitrogens is 1. The first-order chi connectivity index (χ1) is 7.77. The molecule has 1 aliphatic carbocycles. The summed E-state index contributed by atoms with van der Waals surface area (Å²) >= 11 is 1.76. The monoisotopic (exact) mass is 236 g/mol. The highest BCUT2D eigenvalue weighted by atomic mass is 32.2. The number of rotatable bonds is 4. The number of ketones is 1. The first-order valence-electron chi connectivity index (χ1n) is 5.61. The van der Waals surface area contributed by atoms with Crippen molar-refractivity contribution in [2.75, 3.05) is 11.5 Å². The number of nitrogen functional groups attached to an aromatic ring is 1. The molecule has 1 aromatic rings. The lowest BCUT2D eigenvalue weighted by molar-refractivity contribution is 0.102. The van der Waals surface area contributed by atoms with Gasteiger partial charge >= 0.3 is 0 Å². The SMILES string of the molecule is Nc1ccncc1C(=O)CSC1CCCC1. The van der Waals surface area contributed by atoms with Crippen molar-refractivity contribution in [3.8, 4) is 0 Å². The number of hydrogen-bond donors (Lipinski definition) is 1. The molecule has 3 nitrogen and oxygen atoms in total. The Labute approximate surface area is 99.8 Å². The van der Waals surface area contributed by atoms with Crippen molar-refractivity contribution in [3.05, 3.63) is 24.0 Å². The van der Waals surface area contributed by atoms with Crippen molar-refractivity contribution < 1.29 is 4.79 Å². The van der Waals surface area contributed by atoms with Crippen molar-refractivity contribution in [2.45, 2.75) is 30.9 Å². The molecular weight excluding hydrogens is 220 g/mol. The molecule has 4 heteroatoms. The van der Waals surface area contributed by atoms with E-state index >= 15 is 0 Å². The quantitative estimate of drug-likeness (QED) is 0.816. The largest absolute Gasteiger partial charge is 0.398 e. The molecule has 0 aromatic carbocycles. The second kappa shape index (κ2) is 5.34. The van der Waals surface area contributed by atoms with E-state index in [1.807, 2.05) is 0 Å². The molecule has 1 heterocycles. The Morgan fingerprint density at radius 2 is 2.25 bits per heavy atom. The Morgan fingerprint density at radius 3 is 2.94 bits per heavy atom. The molecule has 0 atom stereocenters. The minimum absolute atomic E-state index is 0.0995. The molecule has 1 aliphatic rings. The van der Waals surface area contributed by atoms with Gasteiger partial charge in [-0.15, -0.1) is 0 Å². The second-order valence-electron chi connectivity index (χ2n) is 4.10. The molecular formula is C12H16N2OS. The predicted octanol–water partition coefficient (Wildman–Crippen LogP) is 2.52. The minimum Gasteiger partial charge on any atom is -0.398 e. The number of Topliss-reactive ketones (excluding diaryl/α,β-unsaturated/α-hetero) is 1. The maximum absolute atomic E-state index is 11.9. The predicted molar refractivity (Wildman–Crippen MR) is 67.7 cm³/mol. The molecule has 86 valence electrons. The zero-order valence-electron chi connectivity index (χ0n) is 9.19. The third-order valence-electron chi connectivity index (χ3n) is 2.91. The van der Waals surface area contributed by atoms with Crippen LogP contribution in [0.3, 0.4) is 0 Å². The van der Waals surface area contributed by atoms with Crippen LogP contribution < -0.4 is 5.73 Å². The molecule has 0 amide bonds. The molecule has 0 spiro atoms. The van der Waals surface area contributed by atoms with Gasteiger partial charge in [0.15, 0.2) is 5.78 Å². The van der Waals surface area contributed by atoms with E-state index < -0.39 is 0 Å². The van der Waals surface area contributed by atoms with E-state index in [1.54, 1.807) is 30.2 Å². The van der Waals surface area contributed by atoms with Gasteiger partial charge in [0.05, 0.1) is 11.3 Å². The number of thioether (sulfide) groups is 1. The fourth-order valence-electron chi connectivity index (χ4n) is 1.96. The molecule has 2 rings (SSSR count). The van der Waals surface area contributed by atoms with Crippen molar-refractivity contribution in [1.29, 1.82) is 0 Å². The average Bonchev–Trinajstić information content (AvgIpc) is 2.79. The summed E-state index contributed by atoms with van der Waals surface area (Å²) in [6.07, 6.45) is 8.28. The highest BCUT2D eigenvalue weighted by Gasteiger charge is 2.18. The van der Waals surface area contributed by atoms with Gasteiger partial charge in [-0.25, -0.2) is 0 Å². The Bertz CT molecular complexity index is 375. The zero-order chi connectivity index (χ0) is 11.4. The number of pyridine rings is 1. The van der Waals surface area contributed by atoms with Gasteiger partial charge in [0.2, 0.25) is 0 Å². The number of carbonyl (C=O) groups is 1. The number of anilines is 1. The van der Waals surface area contributed by atoms with Gasteiger partial charge in [0.25, 0.3) is 0 Å². The van der Waals surface area contributed by atoms with Gasteiger partial charge in [-0.1, -0.05) is 12.8 Å². The molecule has 0 aliphatic heterocycles. The van der Waals surface area contributed by atoms with E-state index in [9.17, 15) is 4.79 Å². The van der Waals surface area contributed by atoms with Crippen LogP contribution in [-0.4, -0.2) is 21.8 Å². The molecule has 1 aromatic heterocycles. The van der Waals surface area contributed by atoms with Crippen LogP contribution in [0, 0.1) is 0 Å². The molecule has 0 saturated heterocycles. The lowest BCUT2D eigenvalue weighted by atomic mass is 10.2. The third kappa shape index (κ3) is 2.76. The number of nitrogens with two attached hydrogens (primary N) is 1. The summed E-state index contributed by atoms with van der Waals surface area (Å²) < 4.78 is 0. The summed E-state index contributed by atoms with van der Waals surface area (Å²) in [6, 6.07) is 1.67. The van der Waals surface area contributed by atoms with Gasteiger partial charge in [-0.3, -0.25) is 9.78 Å². The van der Waals surface area contributed by atoms with Gasteiger partial charge < -0.3 is 5.73 Å². The van der Waals surface area contributed by atoms with Crippen molar-refractivity contribution >= 4 is 23.2 Å². The molecule has 1 fully saturated rings. The lowest BCUT2D eigenvalue weighted by Crippen LogP contribution is -2.09. The van der Waals surface area contributed by atoms with E-state index in [1.165, 1.54) is 25.7 Å². The maximum atomic E-state index is 11.9. The van der Waals surface area contributed by atoms with Gasteiger partial charge in [-0.2, -0.15) is 11.8 Å². The number of carbonyl (C=O) groups excluding carboxylic acids is 1. The molecule has 2 N–H and O–H groups in total. The summed E-state index contributed by atoms with van der Waals surface area (Å²) in [4.78, 5) is 15.8. The minimum atomic E-state index is 0.0995. The first-order valence-corrected chi connectivity index (χ1v) is 6.66. The van der Waals surface area contributed by atoms with E-state index in [4.69, 9.17) is 5.73 Å². The van der Waals surface area contributed by atoms with Crippen LogP contribution in [0.5, 0.6) is 0 Å². The topological polar surface area (TPSA) is 56.0 Å². The zero-order valence-corrected chi connectivity index (χ0v) is 10.0. The van der Waals surface area contributed by atoms with Crippen LogP contribution >= 0.6 is 11.8 Å². The van der Waals surface area contributed by atoms with E-state index in [2.05, 4.69) is 4.98 Å². The fourth-order valence-corrected chi connectivity index (χ4v) is 3.17. The molecule has 1 saturated carbocycles. The second-order valence-corrected chi connectivity index (χ2v) is 5.39. The third-order valence-corrected chi connectivity index (χ3v) is 4.28. The Morgan fingerprint density at radius 1 is 1.50 bits per heavy atom. The summed E-state index contributed by atoms with van der Waals surface area (Å²) in [7, 11) is 0. The normalized spacial score (nSPS) is 16.5. The van der Waals surface area contributed by atoms with E-state index in [0.29, 0.717) is 22.3 Å². The van der Waals surface area contributed by atoms with E-state index in [0.717, 1.165) is 0 Å². The Hall–Kier alpha value is -1.03. The standard InChI is InChI=1S/C12H16N2OS/c13-11-5-6-14-7-10(11)12(15)8-16-9-3-1-2-4-9/h5-7,9H,1-4,8H2,(H2,13,14). The van der Waals surface area contributed by atoms with Crippen LogP contribution in [0.1, 0.15) is 36.0 Å². The molecule has 0 radical (unpaired) electrons. The van der Waals surface area contributed by atoms with Gasteiger partial charge in [0.1, 0.15) is 0 Å². The van der Waals surface area contributed by atoms with Crippen molar-refractivity contribution in [1.82, 2.24) is 4.98 Å². The Balaban J connectivity index is 1.90. The van der Waals surface area contributed by atoms with Gasteiger partial charge in [-0.05, 0) is 18.9 Å². The highest BCUT2D eigenvalue weighted by Crippen LogP contribution is 2.29. The average molecular weight is 236 g/mol. The van der Waals surface area contributed by atoms with Crippen LogP contribution in [0.25, 0.3) is 0 Å². The van der Waals surface area contributed by atoms with Crippen molar-refractivity contribution in [2.24, 2.45) is 0 Å². The summed E-state index contributed by atoms with van der Waals surface area (Å²) in [5.74, 6) is 0.628. The number of nitrogens with zero attached hydrogens (tertiary/aromatic N) is 1. The van der Waals surface area contributed by atoms with Gasteiger partial charge in [0, 0.05) is 23.3 Å². The highest BCUT2D eigenvalue weighted by molar-refractivity contribution is 8.00. The van der Waals surface area contributed by atoms with Crippen LogP contribution in [0.15, 0.2) is 18.5 Å². The summed E-state index contributed by atoms with van der Waals surface area (Å²) in [5.41, 5.74) is 6.83. The number of hydrogen-bond acceptors (Lipinski definition) is 4. The van der Waals surface area contributed by atoms with Crippen LogP contribution in [0.2, 0.25) is 0 Å². The molecule has 16 heavy (non-hydrogen) atoms. The Kier molecular flexibility index (Phi) is 3.83. The fraction of sp³-hybridized carbons (Fsp3) is 0.500.